The Bertz CT molecular complexity index is 132. The molecule has 0 fully saturated rings. The van der Waals surface area contributed by atoms with Crippen LogP contribution in [0.4, 0.5) is 0 Å². The third-order valence-corrected chi connectivity index (χ3v) is 2.14. The Morgan fingerprint density at radius 3 is 2.29 bits per heavy atom. The first-order valence-electron chi connectivity index (χ1n) is 5.46. The van der Waals surface area contributed by atoms with Gasteiger partial charge in [0, 0.05) is 32.3 Å². The van der Waals surface area contributed by atoms with Crippen LogP contribution >= 0.6 is 0 Å². The van der Waals surface area contributed by atoms with Gasteiger partial charge in [0.25, 0.3) is 0 Å². The van der Waals surface area contributed by atoms with Crippen molar-refractivity contribution in [2.75, 3.05) is 39.9 Å². The molecule has 0 saturated heterocycles. The van der Waals surface area contributed by atoms with Gasteiger partial charge in [-0.2, -0.15) is 0 Å². The fourth-order valence-corrected chi connectivity index (χ4v) is 1.24. The van der Waals surface area contributed by atoms with Gasteiger partial charge in [-0.15, -0.1) is 0 Å². The van der Waals surface area contributed by atoms with E-state index < -0.39 is 0 Å². The average molecular weight is 202 g/mol. The van der Waals surface area contributed by atoms with E-state index in [0.29, 0.717) is 0 Å². The molecule has 3 nitrogen and oxygen atoms in total. The molecule has 0 rings (SSSR count). The summed E-state index contributed by atoms with van der Waals surface area (Å²) in [5, 5.41) is 3.48. The molecule has 3 heteroatoms. The van der Waals surface area contributed by atoms with Gasteiger partial charge in [0.1, 0.15) is 0 Å². The van der Waals surface area contributed by atoms with E-state index in [1.807, 2.05) is 0 Å². The summed E-state index contributed by atoms with van der Waals surface area (Å²) in [7, 11) is 1.75. The highest BCUT2D eigenvalue weighted by atomic mass is 16.5. The zero-order valence-electron chi connectivity index (χ0n) is 10.4. The van der Waals surface area contributed by atoms with Gasteiger partial charge in [-0.25, -0.2) is 0 Å². The Morgan fingerprint density at radius 1 is 1.21 bits per heavy atom. The van der Waals surface area contributed by atoms with Crippen LogP contribution in [-0.2, 0) is 4.74 Å². The van der Waals surface area contributed by atoms with Crippen LogP contribution < -0.4 is 5.32 Å². The first-order valence-corrected chi connectivity index (χ1v) is 5.46. The van der Waals surface area contributed by atoms with Gasteiger partial charge in [0.15, 0.2) is 0 Å². The zero-order valence-corrected chi connectivity index (χ0v) is 10.4. The minimum atomic E-state index is 0.223. The smallest absolute Gasteiger partial charge is 0.0589 e. The number of likely N-dealkylation sites (N-methyl/N-ethyl adjacent to an activating group) is 1. The molecule has 0 amide bonds. The highest BCUT2D eigenvalue weighted by Crippen LogP contribution is 1.97. The Morgan fingerprint density at radius 2 is 1.86 bits per heavy atom. The first-order chi connectivity index (χ1) is 6.49. The average Bonchev–Trinajstić information content (AvgIpc) is 2.09. The highest BCUT2D eigenvalue weighted by molar-refractivity contribution is 4.71. The van der Waals surface area contributed by atoms with Crippen molar-refractivity contribution in [3.05, 3.63) is 0 Å². The molecule has 0 aromatic heterocycles. The van der Waals surface area contributed by atoms with Crippen LogP contribution in [0.3, 0.4) is 0 Å². The molecule has 0 aliphatic rings. The number of methoxy groups -OCH3 is 1. The van der Waals surface area contributed by atoms with Crippen molar-refractivity contribution in [3.63, 3.8) is 0 Å². The fraction of sp³-hybridized carbons (Fsp3) is 1.00. The summed E-state index contributed by atoms with van der Waals surface area (Å²) in [5.41, 5.74) is 0.223. The van der Waals surface area contributed by atoms with E-state index in [9.17, 15) is 0 Å². The summed E-state index contributed by atoms with van der Waals surface area (Å²) >= 11 is 0. The van der Waals surface area contributed by atoms with Crippen molar-refractivity contribution >= 4 is 0 Å². The van der Waals surface area contributed by atoms with Gasteiger partial charge in [0.05, 0.1) is 6.61 Å². The van der Waals surface area contributed by atoms with Crippen molar-refractivity contribution in [1.82, 2.24) is 10.2 Å². The van der Waals surface area contributed by atoms with Crippen molar-refractivity contribution in [3.8, 4) is 0 Å². The maximum atomic E-state index is 5.06. The van der Waals surface area contributed by atoms with Gasteiger partial charge < -0.3 is 15.0 Å². The standard InChI is InChI=1S/C11H26N2O/c1-6-13(9-10-14-5)8-7-12-11(2,3)4/h12H,6-10H2,1-5H3. The Labute approximate surface area is 88.8 Å². The molecule has 1 N–H and O–H groups in total. The lowest BCUT2D eigenvalue weighted by Gasteiger charge is -2.25. The molecule has 86 valence electrons. The number of nitrogens with one attached hydrogen (secondary N) is 1. The van der Waals surface area contributed by atoms with Crippen LogP contribution in [-0.4, -0.2) is 50.3 Å². The van der Waals surface area contributed by atoms with E-state index in [1.54, 1.807) is 7.11 Å². The molecule has 0 aliphatic carbocycles. The lowest BCUT2D eigenvalue weighted by molar-refractivity contribution is 0.150. The second kappa shape index (κ2) is 7.21. The van der Waals surface area contributed by atoms with Crippen LogP contribution in [0.15, 0.2) is 0 Å². The molecule has 0 saturated carbocycles. The molecular formula is C11H26N2O. The molecule has 0 radical (unpaired) electrons. The summed E-state index contributed by atoms with van der Waals surface area (Å²) in [6.45, 7) is 13.8. The lowest BCUT2D eigenvalue weighted by atomic mass is 10.1. The minimum absolute atomic E-state index is 0.223. The van der Waals surface area contributed by atoms with Crippen LogP contribution in [0.2, 0.25) is 0 Å². The predicted molar refractivity (Wildman–Crippen MR) is 61.7 cm³/mol. The van der Waals surface area contributed by atoms with Gasteiger partial charge in [-0.1, -0.05) is 6.92 Å². The second-order valence-corrected chi connectivity index (χ2v) is 4.60. The van der Waals surface area contributed by atoms with Crippen molar-refractivity contribution < 1.29 is 4.74 Å². The lowest BCUT2D eigenvalue weighted by Crippen LogP contribution is -2.42. The summed E-state index contributed by atoms with van der Waals surface area (Å²) in [5.74, 6) is 0. The molecule has 0 atom stereocenters. The molecule has 0 aliphatic heterocycles. The molecule has 0 aromatic rings. The number of hydrogen-bond acceptors (Lipinski definition) is 3. The topological polar surface area (TPSA) is 24.5 Å². The molecule has 0 unspecified atom stereocenters. The molecule has 0 bridgehead atoms. The van der Waals surface area contributed by atoms with Gasteiger partial charge in [-0.3, -0.25) is 0 Å². The predicted octanol–water partition coefficient (Wildman–Crippen LogP) is 1.34. The van der Waals surface area contributed by atoms with E-state index in [4.69, 9.17) is 4.74 Å². The zero-order chi connectivity index (χ0) is 11.0. The van der Waals surface area contributed by atoms with Crippen molar-refractivity contribution in [2.45, 2.75) is 33.2 Å². The molecule has 0 heterocycles. The monoisotopic (exact) mass is 202 g/mol. The fourth-order valence-electron chi connectivity index (χ4n) is 1.24. The molecular weight excluding hydrogens is 176 g/mol. The molecule has 0 spiro atoms. The van der Waals surface area contributed by atoms with E-state index in [2.05, 4.69) is 37.9 Å². The maximum Gasteiger partial charge on any atom is 0.0589 e. The van der Waals surface area contributed by atoms with Crippen LogP contribution in [0.5, 0.6) is 0 Å². The third-order valence-electron chi connectivity index (χ3n) is 2.14. The van der Waals surface area contributed by atoms with E-state index >= 15 is 0 Å². The molecule has 14 heavy (non-hydrogen) atoms. The van der Waals surface area contributed by atoms with Crippen LogP contribution in [0, 0.1) is 0 Å². The summed E-state index contributed by atoms with van der Waals surface area (Å²) in [4.78, 5) is 2.39. The first kappa shape index (κ1) is 13.9. The summed E-state index contributed by atoms with van der Waals surface area (Å²) < 4.78 is 5.06. The van der Waals surface area contributed by atoms with E-state index in [0.717, 1.165) is 32.8 Å². The normalized spacial score (nSPS) is 12.4. The third kappa shape index (κ3) is 8.48. The Hall–Kier alpha value is -0.120. The van der Waals surface area contributed by atoms with Crippen molar-refractivity contribution in [2.24, 2.45) is 0 Å². The highest BCUT2D eigenvalue weighted by Gasteiger charge is 2.08. The van der Waals surface area contributed by atoms with Crippen molar-refractivity contribution in [1.29, 1.82) is 0 Å². The number of rotatable bonds is 7. The van der Waals surface area contributed by atoms with Crippen LogP contribution in [0.1, 0.15) is 27.7 Å². The van der Waals surface area contributed by atoms with Gasteiger partial charge in [0.2, 0.25) is 0 Å². The largest absolute Gasteiger partial charge is 0.383 e. The Balaban J connectivity index is 3.52. The quantitative estimate of drug-likeness (QED) is 0.674. The minimum Gasteiger partial charge on any atom is -0.383 e. The SMILES string of the molecule is CCN(CCNC(C)(C)C)CCOC. The second-order valence-electron chi connectivity index (χ2n) is 4.60. The molecule has 0 aromatic carbocycles. The number of ether oxygens (including phenoxy) is 1. The number of hydrogen-bond donors (Lipinski definition) is 1. The van der Waals surface area contributed by atoms with Crippen LogP contribution in [0.25, 0.3) is 0 Å². The van der Waals surface area contributed by atoms with E-state index in [-0.39, 0.29) is 5.54 Å². The summed E-state index contributed by atoms with van der Waals surface area (Å²) in [6, 6.07) is 0. The summed E-state index contributed by atoms with van der Waals surface area (Å²) in [6.07, 6.45) is 0. The maximum absolute atomic E-state index is 5.06. The van der Waals surface area contributed by atoms with E-state index in [1.165, 1.54) is 0 Å². The van der Waals surface area contributed by atoms with Gasteiger partial charge >= 0.3 is 0 Å². The Kier molecular flexibility index (Phi) is 7.15. The number of nitrogens with zero attached hydrogens (tertiary/aromatic N) is 1. The van der Waals surface area contributed by atoms with Gasteiger partial charge in [-0.05, 0) is 27.3 Å².